The maximum absolute atomic E-state index is 12.9. The van der Waals surface area contributed by atoms with Gasteiger partial charge in [0.15, 0.2) is 5.17 Å². The fraction of sp³-hybridized carbons (Fsp3) is 0.278. The predicted octanol–water partition coefficient (Wildman–Crippen LogP) is 4.94. The van der Waals surface area contributed by atoms with Gasteiger partial charge in [0.2, 0.25) is 0 Å². The maximum Gasteiger partial charge on any atom is 0.416 e. The van der Waals surface area contributed by atoms with Crippen LogP contribution in [0.5, 0.6) is 0 Å². The number of pyridine rings is 1. The van der Waals surface area contributed by atoms with Crippen LogP contribution >= 0.6 is 11.8 Å². The molecule has 1 aromatic carbocycles. The average Bonchev–Trinajstić information content (AvgIpc) is 3.02. The van der Waals surface area contributed by atoms with Crippen molar-refractivity contribution in [3.8, 4) is 0 Å². The number of halogens is 3. The zero-order valence-corrected chi connectivity index (χ0v) is 15.4. The highest BCUT2D eigenvalue weighted by Gasteiger charge is 2.32. The van der Waals surface area contributed by atoms with Crippen molar-refractivity contribution >= 4 is 34.5 Å². The molecule has 1 N–H and O–H groups in total. The smallest absolute Gasteiger partial charge is 0.307 e. The van der Waals surface area contributed by atoms with Crippen molar-refractivity contribution in [1.29, 1.82) is 0 Å². The van der Waals surface area contributed by atoms with Gasteiger partial charge in [0.1, 0.15) is 5.82 Å². The number of nitrogens with zero attached hydrogens (tertiary/aromatic N) is 3. The van der Waals surface area contributed by atoms with E-state index in [1.54, 1.807) is 25.3 Å². The van der Waals surface area contributed by atoms with E-state index in [9.17, 15) is 18.0 Å². The fourth-order valence-corrected chi connectivity index (χ4v) is 3.46. The van der Waals surface area contributed by atoms with E-state index in [2.05, 4.69) is 15.3 Å². The second-order valence-electron chi connectivity index (χ2n) is 6.04. The minimum atomic E-state index is -4.49. The van der Waals surface area contributed by atoms with Gasteiger partial charge < -0.3 is 5.32 Å². The summed E-state index contributed by atoms with van der Waals surface area (Å²) in [7, 11) is 0. The lowest BCUT2D eigenvalue weighted by atomic mass is 10.2. The first-order valence-electron chi connectivity index (χ1n) is 8.17. The zero-order chi connectivity index (χ0) is 19.6. The van der Waals surface area contributed by atoms with Gasteiger partial charge in [-0.15, -0.1) is 0 Å². The van der Waals surface area contributed by atoms with Gasteiger partial charge in [-0.05, 0) is 36.8 Å². The van der Waals surface area contributed by atoms with Gasteiger partial charge in [-0.3, -0.25) is 4.99 Å². The third-order valence-corrected chi connectivity index (χ3v) is 4.89. The molecule has 142 valence electrons. The van der Waals surface area contributed by atoms with E-state index >= 15 is 0 Å². The number of rotatable bonds is 2. The SMILES string of the molecule is Cc1cccnc1N(C(=O)Nc1cccc(C(F)(F)F)c1)C1=NCC(C)S1. The maximum atomic E-state index is 12.9. The molecule has 1 aliphatic rings. The molecule has 1 atom stereocenters. The van der Waals surface area contributed by atoms with Crippen molar-refractivity contribution in [2.24, 2.45) is 4.99 Å². The van der Waals surface area contributed by atoms with E-state index in [-0.39, 0.29) is 10.9 Å². The largest absolute Gasteiger partial charge is 0.416 e. The zero-order valence-electron chi connectivity index (χ0n) is 14.6. The van der Waals surface area contributed by atoms with Gasteiger partial charge in [-0.1, -0.05) is 30.8 Å². The fourth-order valence-electron chi connectivity index (χ4n) is 2.52. The minimum Gasteiger partial charge on any atom is -0.307 e. The molecule has 0 radical (unpaired) electrons. The van der Waals surface area contributed by atoms with Crippen molar-refractivity contribution in [3.63, 3.8) is 0 Å². The highest BCUT2D eigenvalue weighted by atomic mass is 32.2. The molecule has 9 heteroatoms. The number of nitrogens with one attached hydrogen (secondary N) is 1. The molecular weight excluding hydrogens is 377 g/mol. The number of benzene rings is 1. The van der Waals surface area contributed by atoms with E-state index < -0.39 is 17.8 Å². The first-order valence-corrected chi connectivity index (χ1v) is 9.05. The van der Waals surface area contributed by atoms with Gasteiger partial charge in [0.05, 0.1) is 12.1 Å². The van der Waals surface area contributed by atoms with Crippen LogP contribution in [0.1, 0.15) is 18.1 Å². The van der Waals surface area contributed by atoms with Gasteiger partial charge in [-0.2, -0.15) is 13.2 Å². The van der Waals surface area contributed by atoms with Crippen LogP contribution in [0.25, 0.3) is 0 Å². The number of amides is 2. The second kappa shape index (κ2) is 7.59. The van der Waals surface area contributed by atoms with Gasteiger partial charge >= 0.3 is 12.2 Å². The quantitative estimate of drug-likeness (QED) is 0.785. The van der Waals surface area contributed by atoms with Crippen molar-refractivity contribution in [2.75, 3.05) is 16.8 Å². The van der Waals surface area contributed by atoms with Gasteiger partial charge in [0, 0.05) is 17.1 Å². The average molecular weight is 394 g/mol. The third kappa shape index (κ3) is 4.41. The van der Waals surface area contributed by atoms with Crippen LogP contribution in [-0.4, -0.2) is 28.0 Å². The summed E-state index contributed by atoms with van der Waals surface area (Å²) < 4.78 is 38.7. The summed E-state index contributed by atoms with van der Waals surface area (Å²) in [5.41, 5.74) is -0.0355. The van der Waals surface area contributed by atoms with E-state index in [0.717, 1.165) is 17.7 Å². The standard InChI is InChI=1S/C18H17F3N4OS/c1-11-5-4-8-22-15(11)25(17-23-10-12(2)27-17)16(26)24-14-7-3-6-13(9-14)18(19,20)21/h3-9,12H,10H2,1-2H3,(H,24,26). The van der Waals surface area contributed by atoms with Crippen LogP contribution in [0.4, 0.5) is 29.5 Å². The van der Waals surface area contributed by atoms with Crippen LogP contribution < -0.4 is 10.2 Å². The van der Waals surface area contributed by atoms with E-state index in [4.69, 9.17) is 0 Å². The Morgan fingerprint density at radius 1 is 1.30 bits per heavy atom. The number of aromatic nitrogens is 1. The lowest BCUT2D eigenvalue weighted by Gasteiger charge is -2.23. The Bertz CT molecular complexity index is 885. The number of anilines is 2. The molecule has 0 saturated heterocycles. The number of aryl methyl sites for hydroxylation is 1. The van der Waals surface area contributed by atoms with Crippen LogP contribution in [0.15, 0.2) is 47.6 Å². The van der Waals surface area contributed by atoms with Crippen molar-refractivity contribution in [3.05, 3.63) is 53.7 Å². The summed E-state index contributed by atoms with van der Waals surface area (Å²) in [5.74, 6) is 0.391. The highest BCUT2D eigenvalue weighted by molar-refractivity contribution is 8.15. The lowest BCUT2D eigenvalue weighted by Crippen LogP contribution is -2.39. The number of carbonyl (C=O) groups is 1. The summed E-state index contributed by atoms with van der Waals surface area (Å²) in [6.07, 6.45) is -2.94. The number of thioether (sulfide) groups is 1. The van der Waals surface area contributed by atoms with E-state index in [0.29, 0.717) is 17.5 Å². The van der Waals surface area contributed by atoms with Crippen LogP contribution in [-0.2, 0) is 6.18 Å². The summed E-state index contributed by atoms with van der Waals surface area (Å²) in [6, 6.07) is 7.44. The number of urea groups is 1. The molecule has 27 heavy (non-hydrogen) atoms. The van der Waals surface area contributed by atoms with E-state index in [1.165, 1.54) is 28.8 Å². The molecule has 0 saturated carbocycles. The Balaban J connectivity index is 1.92. The first kappa shape index (κ1) is 19.2. The monoisotopic (exact) mass is 394 g/mol. The van der Waals surface area contributed by atoms with Gasteiger partial charge in [0.25, 0.3) is 0 Å². The summed E-state index contributed by atoms with van der Waals surface area (Å²) >= 11 is 1.42. The Morgan fingerprint density at radius 3 is 2.70 bits per heavy atom. The minimum absolute atomic E-state index is 0.0463. The number of alkyl halides is 3. The Morgan fingerprint density at radius 2 is 2.07 bits per heavy atom. The molecular formula is C18H17F3N4OS. The Labute approximate surface area is 158 Å². The molecule has 0 spiro atoms. The molecule has 2 amide bonds. The Hall–Kier alpha value is -2.55. The number of carbonyl (C=O) groups excluding carboxylic acids is 1. The summed E-state index contributed by atoms with van der Waals surface area (Å²) in [6.45, 7) is 4.34. The molecule has 0 aliphatic carbocycles. The topological polar surface area (TPSA) is 57.6 Å². The normalized spacial score (nSPS) is 16.8. The van der Waals surface area contributed by atoms with Crippen LogP contribution in [0.2, 0.25) is 0 Å². The molecule has 2 heterocycles. The van der Waals surface area contributed by atoms with Crippen molar-refractivity contribution < 1.29 is 18.0 Å². The lowest BCUT2D eigenvalue weighted by molar-refractivity contribution is -0.137. The summed E-state index contributed by atoms with van der Waals surface area (Å²) in [5, 5.41) is 3.19. The van der Waals surface area contributed by atoms with Crippen molar-refractivity contribution in [2.45, 2.75) is 25.3 Å². The number of aliphatic imine (C=N–C) groups is 1. The molecule has 1 unspecified atom stereocenters. The highest BCUT2D eigenvalue weighted by Crippen LogP contribution is 2.32. The predicted molar refractivity (Wildman–Crippen MR) is 101 cm³/mol. The van der Waals surface area contributed by atoms with Gasteiger partial charge in [-0.25, -0.2) is 14.7 Å². The number of amidine groups is 1. The molecule has 5 nitrogen and oxygen atoms in total. The molecule has 0 bridgehead atoms. The number of hydrogen-bond acceptors (Lipinski definition) is 4. The second-order valence-corrected chi connectivity index (χ2v) is 7.45. The number of hydrogen-bond donors (Lipinski definition) is 1. The molecule has 0 fully saturated rings. The first-order chi connectivity index (χ1) is 12.8. The van der Waals surface area contributed by atoms with E-state index in [1.807, 2.05) is 6.92 Å². The molecule has 1 aliphatic heterocycles. The summed E-state index contributed by atoms with van der Waals surface area (Å²) in [4.78, 5) is 22.9. The van der Waals surface area contributed by atoms with Crippen molar-refractivity contribution in [1.82, 2.24) is 4.98 Å². The Kier molecular flexibility index (Phi) is 5.41. The molecule has 2 aromatic rings. The van der Waals surface area contributed by atoms with Crippen LogP contribution in [0, 0.1) is 6.92 Å². The van der Waals surface area contributed by atoms with Crippen LogP contribution in [0.3, 0.4) is 0 Å². The molecule has 1 aromatic heterocycles. The third-order valence-electron chi connectivity index (χ3n) is 3.82. The molecule has 3 rings (SSSR count).